The van der Waals surface area contributed by atoms with E-state index in [0.717, 1.165) is 60.3 Å². The van der Waals surface area contributed by atoms with Crippen LogP contribution in [0.15, 0.2) is 182 Å². The molecule has 0 N–H and O–H groups in total. The van der Waals surface area contributed by atoms with E-state index in [1.807, 2.05) is 42.5 Å². The molecule has 0 radical (unpaired) electrons. The number of rotatable bonds is 4. The molecule has 0 saturated carbocycles. The maximum atomic E-state index is 14.8. The normalized spacial score (nSPS) is 11.9. The minimum Gasteiger partial charge on any atom is -0.207 e. The molecule has 0 aliphatic heterocycles. The molecular formula is C52H30F2. The van der Waals surface area contributed by atoms with Crippen molar-refractivity contribution >= 4 is 64.6 Å². The summed E-state index contributed by atoms with van der Waals surface area (Å²) in [6.07, 6.45) is 0. The summed E-state index contributed by atoms with van der Waals surface area (Å²) in [5.41, 5.74) is 8.84. The summed E-state index contributed by atoms with van der Waals surface area (Å²) in [5.74, 6) is -0.448. The van der Waals surface area contributed by atoms with Crippen molar-refractivity contribution in [2.75, 3.05) is 0 Å². The highest BCUT2D eigenvalue weighted by Crippen LogP contribution is 2.48. The molecule has 2 heteroatoms. The molecule has 0 spiro atoms. The number of fused-ring (bicyclic) bond motifs is 3. The molecule has 0 unspecified atom stereocenters. The summed E-state index contributed by atoms with van der Waals surface area (Å²) in [6.45, 7) is 0. The Morgan fingerprint density at radius 3 is 1.35 bits per heavy atom. The number of hydrogen-bond donors (Lipinski definition) is 0. The van der Waals surface area contributed by atoms with E-state index in [4.69, 9.17) is 0 Å². The third kappa shape index (κ3) is 4.53. The van der Waals surface area contributed by atoms with Gasteiger partial charge in [-0.2, -0.15) is 0 Å². The third-order valence-corrected chi connectivity index (χ3v) is 11.4. The predicted octanol–water partition coefficient (Wildman–Crippen LogP) is 15.0. The topological polar surface area (TPSA) is 0 Å². The predicted molar refractivity (Wildman–Crippen MR) is 224 cm³/mol. The molecule has 0 amide bonds. The van der Waals surface area contributed by atoms with Gasteiger partial charge in [0.15, 0.2) is 0 Å². The molecule has 11 aromatic rings. The van der Waals surface area contributed by atoms with Crippen LogP contribution in [0.2, 0.25) is 0 Å². The molecule has 11 aromatic carbocycles. The molecule has 0 nitrogen and oxygen atoms in total. The highest BCUT2D eigenvalue weighted by atomic mass is 19.1. The molecule has 0 aliphatic carbocycles. The van der Waals surface area contributed by atoms with Gasteiger partial charge in [0.25, 0.3) is 0 Å². The van der Waals surface area contributed by atoms with E-state index in [1.165, 1.54) is 43.4 Å². The van der Waals surface area contributed by atoms with Crippen LogP contribution in [0.1, 0.15) is 0 Å². The summed E-state index contributed by atoms with van der Waals surface area (Å²) in [7, 11) is 0. The van der Waals surface area contributed by atoms with Crippen LogP contribution in [0, 0.1) is 11.6 Å². The molecule has 0 aliphatic rings. The third-order valence-electron chi connectivity index (χ3n) is 11.4. The lowest BCUT2D eigenvalue weighted by molar-refractivity contribution is 0.628. The maximum Gasteiger partial charge on any atom is 0.131 e. The Kier molecular flexibility index (Phi) is 6.72. The van der Waals surface area contributed by atoms with Crippen LogP contribution >= 0.6 is 0 Å². The second-order valence-electron chi connectivity index (χ2n) is 14.2. The molecule has 0 aromatic heterocycles. The summed E-state index contributed by atoms with van der Waals surface area (Å²) in [5, 5.41) is 13.4. The largest absolute Gasteiger partial charge is 0.207 e. The minimum absolute atomic E-state index is 0.207. The van der Waals surface area contributed by atoms with E-state index in [9.17, 15) is 8.78 Å². The average molecular weight is 693 g/mol. The van der Waals surface area contributed by atoms with E-state index < -0.39 is 0 Å². The quantitative estimate of drug-likeness (QED) is 0.127. The van der Waals surface area contributed by atoms with E-state index in [2.05, 4.69) is 121 Å². The van der Waals surface area contributed by atoms with Gasteiger partial charge in [-0.25, -0.2) is 8.78 Å². The maximum absolute atomic E-state index is 14.8. The first-order chi connectivity index (χ1) is 26.6. The van der Waals surface area contributed by atoms with E-state index in [1.54, 1.807) is 18.2 Å². The standard InChI is InChI=1S/C52H30F2/c53-36-22-16-31(17-23-36)49-41-12-3-5-14-43(41)52(44-15-6-4-13-42(44)49)47-27-21-33-19-25-45-38(24-18-32-20-26-46(47)51(33)50(32)45)35-9-7-8-34(30-35)37-28-29-48(54)40-11-2-1-10-39(37)40/h1-30H. The van der Waals surface area contributed by atoms with Gasteiger partial charge in [-0.05, 0) is 128 Å². The zero-order valence-electron chi connectivity index (χ0n) is 29.1. The monoisotopic (exact) mass is 692 g/mol. The molecule has 0 saturated heterocycles. The zero-order valence-corrected chi connectivity index (χ0v) is 29.1. The first-order valence-electron chi connectivity index (χ1n) is 18.3. The van der Waals surface area contributed by atoms with Gasteiger partial charge < -0.3 is 0 Å². The lowest BCUT2D eigenvalue weighted by atomic mass is 9.83. The summed E-state index contributed by atoms with van der Waals surface area (Å²) >= 11 is 0. The van der Waals surface area contributed by atoms with Crippen molar-refractivity contribution < 1.29 is 8.78 Å². The summed E-state index contributed by atoms with van der Waals surface area (Å²) < 4.78 is 28.9. The van der Waals surface area contributed by atoms with Gasteiger partial charge in [-0.1, -0.05) is 158 Å². The van der Waals surface area contributed by atoms with Crippen LogP contribution < -0.4 is 0 Å². The Labute approximate surface area is 310 Å². The smallest absolute Gasteiger partial charge is 0.131 e. The minimum atomic E-state index is -0.241. The number of hydrogen-bond acceptors (Lipinski definition) is 0. The molecule has 0 atom stereocenters. The van der Waals surface area contributed by atoms with Gasteiger partial charge in [-0.3, -0.25) is 0 Å². The van der Waals surface area contributed by atoms with Crippen molar-refractivity contribution in [3.8, 4) is 44.5 Å². The molecular weight excluding hydrogens is 663 g/mol. The Hall–Kier alpha value is -6.90. The van der Waals surface area contributed by atoms with Crippen molar-refractivity contribution in [3.63, 3.8) is 0 Å². The number of halogens is 2. The van der Waals surface area contributed by atoms with Crippen LogP contribution in [0.5, 0.6) is 0 Å². The number of benzene rings is 11. The fourth-order valence-electron chi connectivity index (χ4n) is 8.99. The van der Waals surface area contributed by atoms with E-state index in [0.29, 0.717) is 5.39 Å². The van der Waals surface area contributed by atoms with Gasteiger partial charge in [0.1, 0.15) is 11.6 Å². The summed E-state index contributed by atoms with van der Waals surface area (Å²) in [6, 6.07) is 61.9. The Morgan fingerprint density at radius 1 is 0.278 bits per heavy atom. The molecule has 11 rings (SSSR count). The Bertz CT molecular complexity index is 3230. The van der Waals surface area contributed by atoms with Crippen molar-refractivity contribution in [2.45, 2.75) is 0 Å². The van der Waals surface area contributed by atoms with Crippen LogP contribution in [-0.2, 0) is 0 Å². The Morgan fingerprint density at radius 2 is 0.741 bits per heavy atom. The highest BCUT2D eigenvalue weighted by Gasteiger charge is 2.20. The molecule has 0 bridgehead atoms. The molecule has 252 valence electrons. The SMILES string of the molecule is Fc1ccc(-c2c3ccccc3c(-c3ccc4ccc5c(-c6cccc(-c7ccc(F)c8ccccc78)c6)ccc6ccc3c4c65)c3ccccc23)cc1. The van der Waals surface area contributed by atoms with Crippen LogP contribution in [0.25, 0.3) is 109 Å². The first-order valence-corrected chi connectivity index (χ1v) is 18.3. The second kappa shape index (κ2) is 11.8. The fourth-order valence-corrected chi connectivity index (χ4v) is 8.99. The lowest BCUT2D eigenvalue weighted by Crippen LogP contribution is -1.93. The van der Waals surface area contributed by atoms with Gasteiger partial charge in [0.2, 0.25) is 0 Å². The van der Waals surface area contributed by atoms with Gasteiger partial charge in [0, 0.05) is 5.39 Å². The molecule has 54 heavy (non-hydrogen) atoms. The van der Waals surface area contributed by atoms with Crippen LogP contribution in [0.4, 0.5) is 8.78 Å². The molecule has 0 fully saturated rings. The lowest BCUT2D eigenvalue weighted by Gasteiger charge is -2.20. The van der Waals surface area contributed by atoms with Gasteiger partial charge in [0.05, 0.1) is 0 Å². The van der Waals surface area contributed by atoms with Crippen molar-refractivity contribution in [1.82, 2.24) is 0 Å². The first kappa shape index (κ1) is 30.7. The second-order valence-corrected chi connectivity index (χ2v) is 14.2. The van der Waals surface area contributed by atoms with Crippen molar-refractivity contribution in [2.24, 2.45) is 0 Å². The van der Waals surface area contributed by atoms with E-state index in [-0.39, 0.29) is 11.6 Å². The van der Waals surface area contributed by atoms with Crippen molar-refractivity contribution in [3.05, 3.63) is 194 Å². The highest BCUT2D eigenvalue weighted by molar-refractivity contribution is 6.30. The van der Waals surface area contributed by atoms with Crippen LogP contribution in [-0.4, -0.2) is 0 Å². The average Bonchev–Trinajstić information content (AvgIpc) is 3.22. The van der Waals surface area contributed by atoms with Gasteiger partial charge >= 0.3 is 0 Å². The zero-order chi connectivity index (χ0) is 35.9. The van der Waals surface area contributed by atoms with E-state index >= 15 is 0 Å². The molecule has 0 heterocycles. The summed E-state index contributed by atoms with van der Waals surface area (Å²) in [4.78, 5) is 0. The van der Waals surface area contributed by atoms with Gasteiger partial charge in [-0.15, -0.1) is 0 Å². The fraction of sp³-hybridized carbons (Fsp3) is 0. The Balaban J connectivity index is 1.16. The van der Waals surface area contributed by atoms with Crippen molar-refractivity contribution in [1.29, 1.82) is 0 Å². The van der Waals surface area contributed by atoms with Crippen LogP contribution in [0.3, 0.4) is 0 Å².